The van der Waals surface area contributed by atoms with Crippen molar-refractivity contribution in [2.24, 2.45) is 4.99 Å². The normalized spacial score (nSPS) is 11.1. The molecule has 2 N–H and O–H groups in total. The third kappa shape index (κ3) is 5.85. The predicted molar refractivity (Wildman–Crippen MR) is 126 cm³/mol. The molecule has 0 spiro atoms. The van der Waals surface area contributed by atoms with Crippen molar-refractivity contribution in [3.63, 3.8) is 0 Å². The van der Waals surface area contributed by atoms with Crippen molar-refractivity contribution in [1.29, 1.82) is 0 Å². The van der Waals surface area contributed by atoms with Crippen molar-refractivity contribution in [3.05, 3.63) is 60.4 Å². The number of halogens is 1. The van der Waals surface area contributed by atoms with Gasteiger partial charge in [-0.2, -0.15) is 0 Å². The molecule has 0 amide bonds. The number of fused-ring (bicyclic) bond motifs is 1. The van der Waals surface area contributed by atoms with Crippen LogP contribution in [0.3, 0.4) is 0 Å². The quantitative estimate of drug-likeness (QED) is 0.217. The number of guanidine groups is 1. The summed E-state index contributed by atoms with van der Waals surface area (Å²) >= 11 is 0. The van der Waals surface area contributed by atoms with Crippen LogP contribution >= 0.6 is 24.0 Å². The fourth-order valence-corrected chi connectivity index (χ4v) is 2.98. The van der Waals surface area contributed by atoms with Gasteiger partial charge in [0.2, 0.25) is 0 Å². The molecule has 1 aromatic heterocycles. The van der Waals surface area contributed by atoms with Crippen LogP contribution in [-0.4, -0.2) is 35.7 Å². The van der Waals surface area contributed by atoms with Crippen LogP contribution in [0.2, 0.25) is 0 Å². The first kappa shape index (κ1) is 22.0. The Morgan fingerprint density at radius 1 is 1.11 bits per heavy atom. The van der Waals surface area contributed by atoms with Gasteiger partial charge in [-0.3, -0.25) is 0 Å². The number of nitrogens with zero attached hydrogens (tertiary/aromatic N) is 3. The lowest BCUT2D eigenvalue weighted by molar-refractivity contribution is 0.410. The van der Waals surface area contributed by atoms with E-state index >= 15 is 0 Å². The topological polar surface area (TPSA) is 63.5 Å². The molecule has 0 bridgehead atoms. The van der Waals surface area contributed by atoms with E-state index in [1.54, 1.807) is 7.11 Å². The zero-order valence-electron chi connectivity index (χ0n) is 16.4. The number of rotatable bonds is 8. The minimum Gasteiger partial charge on any atom is -0.496 e. The number of imidazole rings is 1. The lowest BCUT2D eigenvalue weighted by atomic mass is 10.2. The summed E-state index contributed by atoms with van der Waals surface area (Å²) in [5.41, 5.74) is 3.29. The number of aliphatic imine (C=N–C) groups is 1. The van der Waals surface area contributed by atoms with E-state index in [1.165, 1.54) is 5.52 Å². The lowest BCUT2D eigenvalue weighted by Gasteiger charge is -2.12. The van der Waals surface area contributed by atoms with E-state index in [2.05, 4.69) is 38.2 Å². The Morgan fingerprint density at radius 2 is 1.89 bits per heavy atom. The highest BCUT2D eigenvalue weighted by Gasteiger charge is 2.03. The van der Waals surface area contributed by atoms with E-state index in [1.807, 2.05) is 48.8 Å². The Labute approximate surface area is 183 Å². The maximum absolute atomic E-state index is 5.39. The smallest absolute Gasteiger partial charge is 0.191 e. The highest BCUT2D eigenvalue weighted by molar-refractivity contribution is 14.0. The molecule has 3 aromatic rings. The Kier molecular flexibility index (Phi) is 9.06. The Morgan fingerprint density at radius 3 is 2.71 bits per heavy atom. The molecule has 7 heteroatoms. The molecule has 0 aliphatic carbocycles. The van der Waals surface area contributed by atoms with Gasteiger partial charge in [-0.05, 0) is 31.5 Å². The van der Waals surface area contributed by atoms with Crippen molar-refractivity contribution >= 4 is 41.0 Å². The number of aryl methyl sites for hydroxylation is 1. The van der Waals surface area contributed by atoms with E-state index in [0.29, 0.717) is 6.54 Å². The average molecular weight is 493 g/mol. The van der Waals surface area contributed by atoms with E-state index in [4.69, 9.17) is 4.74 Å². The second-order valence-corrected chi connectivity index (χ2v) is 6.21. The number of hydrogen-bond donors (Lipinski definition) is 2. The molecule has 1 heterocycles. The highest BCUT2D eigenvalue weighted by Crippen LogP contribution is 2.17. The third-order valence-electron chi connectivity index (χ3n) is 4.34. The summed E-state index contributed by atoms with van der Waals surface area (Å²) < 4.78 is 7.58. The van der Waals surface area contributed by atoms with Gasteiger partial charge in [0, 0.05) is 25.2 Å². The van der Waals surface area contributed by atoms with Gasteiger partial charge in [0.05, 0.1) is 31.0 Å². The Bertz CT molecular complexity index is 893. The fraction of sp³-hybridized carbons (Fsp3) is 0.333. The zero-order chi connectivity index (χ0) is 18.9. The van der Waals surface area contributed by atoms with Crippen LogP contribution in [0.4, 0.5) is 0 Å². The van der Waals surface area contributed by atoms with Crippen LogP contribution in [0.15, 0.2) is 59.9 Å². The van der Waals surface area contributed by atoms with Gasteiger partial charge in [-0.15, -0.1) is 24.0 Å². The van der Waals surface area contributed by atoms with E-state index in [-0.39, 0.29) is 24.0 Å². The summed E-state index contributed by atoms with van der Waals surface area (Å²) in [7, 11) is 1.69. The summed E-state index contributed by atoms with van der Waals surface area (Å²) in [6.07, 6.45) is 2.89. The number of benzene rings is 2. The second kappa shape index (κ2) is 11.5. The third-order valence-corrected chi connectivity index (χ3v) is 4.34. The molecule has 150 valence electrons. The number of ether oxygens (including phenoxy) is 1. The van der Waals surface area contributed by atoms with Crippen molar-refractivity contribution in [3.8, 4) is 5.75 Å². The second-order valence-electron chi connectivity index (χ2n) is 6.21. The first-order valence-electron chi connectivity index (χ1n) is 9.35. The van der Waals surface area contributed by atoms with E-state index in [0.717, 1.165) is 48.8 Å². The van der Waals surface area contributed by atoms with Crippen LogP contribution in [0.5, 0.6) is 5.75 Å². The van der Waals surface area contributed by atoms with Gasteiger partial charge < -0.3 is 19.9 Å². The zero-order valence-corrected chi connectivity index (χ0v) is 18.7. The summed E-state index contributed by atoms with van der Waals surface area (Å²) in [5, 5.41) is 6.70. The highest BCUT2D eigenvalue weighted by atomic mass is 127. The molecule has 28 heavy (non-hydrogen) atoms. The van der Waals surface area contributed by atoms with Crippen molar-refractivity contribution in [2.75, 3.05) is 20.2 Å². The maximum Gasteiger partial charge on any atom is 0.191 e. The molecule has 3 rings (SSSR count). The molecule has 0 aliphatic rings. The predicted octanol–water partition coefficient (Wildman–Crippen LogP) is 3.81. The molecule has 0 aliphatic heterocycles. The molecule has 0 fully saturated rings. The van der Waals surface area contributed by atoms with E-state index < -0.39 is 0 Å². The molecule has 0 radical (unpaired) electrons. The number of aromatic nitrogens is 2. The van der Waals surface area contributed by atoms with Gasteiger partial charge in [-0.25, -0.2) is 9.98 Å². The van der Waals surface area contributed by atoms with Crippen molar-refractivity contribution < 1.29 is 4.74 Å². The Hall–Kier alpha value is -2.29. The molecule has 0 atom stereocenters. The Balaban J connectivity index is 0.00000280. The van der Waals surface area contributed by atoms with Crippen molar-refractivity contribution in [2.45, 2.75) is 26.4 Å². The lowest BCUT2D eigenvalue weighted by Crippen LogP contribution is -2.38. The van der Waals surface area contributed by atoms with Crippen LogP contribution < -0.4 is 15.4 Å². The number of hydrogen-bond acceptors (Lipinski definition) is 3. The summed E-state index contributed by atoms with van der Waals surface area (Å²) in [5.74, 6) is 1.68. The minimum atomic E-state index is 0. The van der Waals surface area contributed by atoms with Gasteiger partial charge in [0.1, 0.15) is 5.75 Å². The van der Waals surface area contributed by atoms with Gasteiger partial charge in [-0.1, -0.05) is 30.3 Å². The maximum atomic E-state index is 5.39. The summed E-state index contributed by atoms with van der Waals surface area (Å²) in [4.78, 5) is 9.11. The molecule has 2 aromatic carbocycles. The van der Waals surface area contributed by atoms with Crippen molar-refractivity contribution in [1.82, 2.24) is 20.2 Å². The minimum absolute atomic E-state index is 0. The average Bonchev–Trinajstić information content (AvgIpc) is 3.12. The van der Waals surface area contributed by atoms with Crippen LogP contribution in [-0.2, 0) is 13.1 Å². The van der Waals surface area contributed by atoms with Crippen LogP contribution in [0.1, 0.15) is 18.9 Å². The fourth-order valence-electron chi connectivity index (χ4n) is 2.98. The monoisotopic (exact) mass is 493 g/mol. The first-order valence-corrected chi connectivity index (χ1v) is 9.35. The molecule has 0 saturated heterocycles. The van der Waals surface area contributed by atoms with Gasteiger partial charge in [0.15, 0.2) is 5.96 Å². The number of nitrogens with one attached hydrogen (secondary N) is 2. The van der Waals surface area contributed by atoms with E-state index in [9.17, 15) is 0 Å². The van der Waals surface area contributed by atoms with Gasteiger partial charge >= 0.3 is 0 Å². The molecule has 0 saturated carbocycles. The van der Waals surface area contributed by atoms with Crippen LogP contribution in [0.25, 0.3) is 11.0 Å². The molecule has 6 nitrogen and oxygen atoms in total. The number of methoxy groups -OCH3 is 1. The SMILES string of the molecule is CCNC(=NCc1ccccc1OC)NCCCn1cnc2ccccc21.I. The summed E-state index contributed by atoms with van der Waals surface area (Å²) in [6, 6.07) is 16.2. The molecular weight excluding hydrogens is 465 g/mol. The summed E-state index contributed by atoms with van der Waals surface area (Å²) in [6.45, 7) is 5.22. The molecule has 0 unspecified atom stereocenters. The first-order chi connectivity index (χ1) is 13.3. The largest absolute Gasteiger partial charge is 0.496 e. The number of para-hydroxylation sites is 3. The van der Waals surface area contributed by atoms with Crippen LogP contribution in [0, 0.1) is 0 Å². The van der Waals surface area contributed by atoms with Gasteiger partial charge in [0.25, 0.3) is 0 Å². The molecular formula is C21H28IN5O. The standard InChI is InChI=1S/C21H27N5O.HI/c1-3-22-21(24-15-17-9-4-7-12-20(17)27-2)23-13-8-14-26-16-25-18-10-5-6-11-19(18)26;/h4-7,9-12,16H,3,8,13-15H2,1-2H3,(H2,22,23,24);1H.